The fraction of sp³-hybridized carbons (Fsp3) is 0.660. The summed E-state index contributed by atoms with van der Waals surface area (Å²) in [6.07, 6.45) is 6.23. The molecule has 122 heavy (non-hydrogen) atoms. The lowest BCUT2D eigenvalue weighted by atomic mass is 9.68. The molecule has 3 fully saturated rings. The second-order valence-electron chi connectivity index (χ2n) is 33.7. The number of nitrogens with one attached hydrogen (secondary N) is 4. The molecule has 4 aromatic carbocycles. The van der Waals surface area contributed by atoms with Crippen molar-refractivity contribution in [2.24, 2.45) is 34.5 Å². The van der Waals surface area contributed by atoms with Crippen LogP contribution in [-0.4, -0.2) is 226 Å². The van der Waals surface area contributed by atoms with E-state index in [4.69, 9.17) is 67.7 Å². The zero-order valence-electron chi connectivity index (χ0n) is 75.5. The lowest BCUT2D eigenvalue weighted by Gasteiger charge is -2.44. The van der Waals surface area contributed by atoms with Crippen LogP contribution in [-0.2, 0) is 81.3 Å². The number of Topliss-reactive ketones (excluding diaryl/α,β-unsaturated/α-hetero) is 2. The van der Waals surface area contributed by atoms with Crippen LogP contribution in [0, 0.1) is 41.1 Å². The van der Waals surface area contributed by atoms with Crippen LogP contribution in [0.25, 0.3) is 4.85 Å². The molecule has 13 atom stereocenters. The number of hydrogen-bond donors (Lipinski definition) is 4. The summed E-state index contributed by atoms with van der Waals surface area (Å²) < 4.78 is 82.3. The minimum absolute atomic E-state index is 0.00812. The molecule has 7 rings (SSSR count). The summed E-state index contributed by atoms with van der Waals surface area (Å²) in [4.78, 5) is 98.8. The van der Waals surface area contributed by atoms with Crippen molar-refractivity contribution in [2.75, 3.05) is 132 Å². The first kappa shape index (κ1) is 102. The van der Waals surface area contributed by atoms with Crippen LogP contribution >= 0.6 is 8.53 Å². The number of likely N-dealkylation sites (tertiary alicyclic amines) is 1. The Hall–Kier alpha value is -7.39. The van der Waals surface area contributed by atoms with Crippen molar-refractivity contribution in [1.82, 2.24) is 25.5 Å². The molecule has 0 spiro atoms. The van der Waals surface area contributed by atoms with Gasteiger partial charge in [0, 0.05) is 112 Å². The molecule has 0 aliphatic carbocycles. The highest BCUT2D eigenvalue weighted by atomic mass is 31.2. The Morgan fingerprint density at radius 2 is 1.04 bits per heavy atom. The van der Waals surface area contributed by atoms with E-state index in [1.54, 1.807) is 14.2 Å². The standard InChI is InChI=1S/C94H142N7O20P/c1-18-83-67(7)69(9)87(97-71(11)102)90(120-83)115-56-54-113-52-50-111-47-29-33-82(105)73-58-74(89(108)96-46-48-112-51-53-114-55-57-116-91-88(98-72(12)103)70(10)68(8)84(19-2)121-91)60-78(59-73)99-85(106)44-39-79(104)32-27-22-20-21-23-28-34-86(107)100-61-92(13,93(14,62-100)64-119-122(118-49-45-95-15)101(65(3)4)66(5)6)63-117-94(75-30-25-24-26-31-75,76-35-40-80(109-16)41-36-76)77-37-42-81(110-17)43-38-77/h24-26,30-31,35-38,40-43,58-60,65-70,83-84,87-88,90-91H,18-23,27-29,32-34,39,44-57,61-64H2,1-14,16-17H3,(H,96,108)(H,97,102)(H,98,103)(H,99,106)/t67-,68-,69+,70+,83-,84-,87-,88-,90?,91?,92?,93?,122?/m1/s1. The normalized spacial score (nSPS) is 22.5. The van der Waals surface area contributed by atoms with Gasteiger partial charge < -0.3 is 92.2 Å². The Morgan fingerprint density at radius 1 is 0.557 bits per heavy atom. The van der Waals surface area contributed by atoms with E-state index < -0.39 is 49.4 Å². The van der Waals surface area contributed by atoms with Gasteiger partial charge in [0.1, 0.15) is 29.5 Å². The van der Waals surface area contributed by atoms with Crippen molar-refractivity contribution in [3.05, 3.63) is 136 Å². The number of nitrogens with zero attached hydrogens (tertiary/aromatic N) is 3. The molecular weight excluding hydrogens is 1580 g/mol. The van der Waals surface area contributed by atoms with Gasteiger partial charge in [0.15, 0.2) is 18.4 Å². The van der Waals surface area contributed by atoms with E-state index in [0.29, 0.717) is 56.7 Å². The number of unbranched alkanes of at least 4 members (excludes halogenated alkanes) is 5. The summed E-state index contributed by atoms with van der Waals surface area (Å²) >= 11 is 0. The van der Waals surface area contributed by atoms with E-state index in [0.717, 1.165) is 55.2 Å². The molecule has 0 bridgehead atoms. The van der Waals surface area contributed by atoms with Crippen molar-refractivity contribution in [3.8, 4) is 11.5 Å². The SMILES string of the molecule is [C-]#[N+]CCOP(OCC1(C)CN(C(=O)CCCCCCCCC(=O)CCC(=O)Nc2cc(C(=O)CCCOCCOCCOC3O[C@H](CC)[C@H](C)[C@H](C)[C@H]3NC(C)=O)cc(C(=O)NCCOCCOCCOC3O[C@H](CC)[C@H](C)[C@H](C)[C@H]3NC(C)=O)c2)CC1(C)COC(c1ccccc1)(c1ccc(OC)cc1)c1ccc(OC)cc1)N(C(C)C)C(C)C. The molecule has 27 nitrogen and oxygen atoms in total. The number of rotatable bonds is 57. The number of ether oxygens (including phenoxy) is 11. The van der Waals surface area contributed by atoms with Gasteiger partial charge in [-0.2, -0.15) is 0 Å². The minimum Gasteiger partial charge on any atom is -0.497 e. The van der Waals surface area contributed by atoms with Crippen LogP contribution in [0.15, 0.2) is 97.1 Å². The van der Waals surface area contributed by atoms with Gasteiger partial charge >= 0.3 is 0 Å². The molecule has 0 aromatic heterocycles. The quantitative estimate of drug-likeness (QED) is 0.0105. The van der Waals surface area contributed by atoms with Crippen LogP contribution in [0.2, 0.25) is 0 Å². The predicted octanol–water partition coefficient (Wildman–Crippen LogP) is 14.9. The predicted molar refractivity (Wildman–Crippen MR) is 471 cm³/mol. The summed E-state index contributed by atoms with van der Waals surface area (Å²) in [6, 6.07) is 30.2. The van der Waals surface area contributed by atoms with Gasteiger partial charge in [-0.1, -0.05) is 136 Å². The molecule has 3 heterocycles. The van der Waals surface area contributed by atoms with E-state index in [1.807, 2.05) is 71.6 Å². The summed E-state index contributed by atoms with van der Waals surface area (Å²) in [7, 11) is 1.69. The van der Waals surface area contributed by atoms with Gasteiger partial charge in [0.05, 0.1) is 111 Å². The first-order valence-corrected chi connectivity index (χ1v) is 45.3. The van der Waals surface area contributed by atoms with Crippen molar-refractivity contribution in [2.45, 2.75) is 241 Å². The molecule has 4 N–H and O–H groups in total. The largest absolute Gasteiger partial charge is 0.497 e. The first-order chi connectivity index (χ1) is 58.5. The number of ketones is 2. The van der Waals surface area contributed by atoms with E-state index in [9.17, 15) is 33.6 Å². The molecule has 3 aliphatic heterocycles. The topological polar surface area (TPSA) is 298 Å². The Kier molecular flexibility index (Phi) is 43.8. The van der Waals surface area contributed by atoms with Gasteiger partial charge in [-0.3, -0.25) is 33.6 Å². The summed E-state index contributed by atoms with van der Waals surface area (Å²) in [5.41, 5.74) is 0.871. The molecular formula is C94H142N7O20P. The molecule has 0 saturated carbocycles. The maximum absolute atomic E-state index is 14.7. The van der Waals surface area contributed by atoms with Crippen molar-refractivity contribution < 1.29 is 94.7 Å². The molecule has 5 amide bonds. The van der Waals surface area contributed by atoms with Gasteiger partial charge in [-0.25, -0.2) is 11.2 Å². The Labute approximate surface area is 727 Å². The third-order valence-electron chi connectivity index (χ3n) is 24.0. The maximum Gasteiger partial charge on any atom is 0.259 e. The van der Waals surface area contributed by atoms with Gasteiger partial charge in [-0.15, -0.1) is 0 Å². The van der Waals surface area contributed by atoms with Crippen LogP contribution in [0.1, 0.15) is 224 Å². The van der Waals surface area contributed by atoms with Gasteiger partial charge in [0.25, 0.3) is 14.4 Å². The summed E-state index contributed by atoms with van der Waals surface area (Å²) in [5, 5.41) is 11.7. The van der Waals surface area contributed by atoms with Crippen LogP contribution in [0.3, 0.4) is 0 Å². The highest BCUT2D eigenvalue weighted by Gasteiger charge is 2.56. The zero-order valence-corrected chi connectivity index (χ0v) is 76.4. The smallest absolute Gasteiger partial charge is 0.259 e. The molecule has 5 unspecified atom stereocenters. The fourth-order valence-corrected chi connectivity index (χ4v) is 18.1. The maximum atomic E-state index is 14.7. The molecule has 678 valence electrons. The fourth-order valence-electron chi connectivity index (χ4n) is 16.4. The molecule has 3 aliphatic rings. The van der Waals surface area contributed by atoms with Crippen molar-refractivity contribution in [1.29, 1.82) is 0 Å². The Bertz CT molecular complexity index is 3720. The number of carbonyl (C=O) groups is 7. The highest BCUT2D eigenvalue weighted by molar-refractivity contribution is 7.44. The third kappa shape index (κ3) is 30.7. The van der Waals surface area contributed by atoms with Crippen LogP contribution in [0.5, 0.6) is 11.5 Å². The Balaban J connectivity index is 0.894. The molecule has 3 saturated heterocycles. The second-order valence-corrected chi connectivity index (χ2v) is 35.2. The first-order valence-electron chi connectivity index (χ1n) is 44.2. The van der Waals surface area contributed by atoms with E-state index >= 15 is 0 Å². The van der Waals surface area contributed by atoms with Crippen molar-refractivity contribution >= 4 is 55.3 Å². The summed E-state index contributed by atoms with van der Waals surface area (Å²) in [6.45, 7) is 40.4. The zero-order chi connectivity index (χ0) is 88.8. The lowest BCUT2D eigenvalue weighted by molar-refractivity contribution is -0.239. The number of hydrogen-bond acceptors (Lipinski definition) is 21. The average Bonchev–Trinajstić information content (AvgIpc) is 1.22. The minimum atomic E-state index is -1.60. The number of benzene rings is 4. The monoisotopic (exact) mass is 1720 g/mol. The van der Waals surface area contributed by atoms with Gasteiger partial charge in [-0.05, 0) is 143 Å². The summed E-state index contributed by atoms with van der Waals surface area (Å²) in [5.74, 6) is 0.715. The van der Waals surface area contributed by atoms with E-state index in [1.165, 1.54) is 32.0 Å². The number of methoxy groups -OCH3 is 2. The number of anilines is 1. The van der Waals surface area contributed by atoms with E-state index in [2.05, 4.69) is 126 Å². The average molecular weight is 1720 g/mol. The van der Waals surface area contributed by atoms with Gasteiger partial charge in [0.2, 0.25) is 30.2 Å². The lowest BCUT2D eigenvalue weighted by Crippen LogP contribution is -2.57. The Morgan fingerprint density at radius 3 is 1.55 bits per heavy atom. The number of carbonyl (C=O) groups excluding carboxylic acids is 7. The highest BCUT2D eigenvalue weighted by Crippen LogP contribution is 2.54. The molecule has 4 aromatic rings. The number of amides is 5. The van der Waals surface area contributed by atoms with Crippen molar-refractivity contribution in [3.63, 3.8) is 0 Å². The van der Waals surface area contributed by atoms with Crippen LogP contribution < -0.4 is 30.7 Å². The third-order valence-corrected chi connectivity index (χ3v) is 26.1. The second kappa shape index (κ2) is 52.5. The van der Waals surface area contributed by atoms with E-state index in [-0.39, 0.29) is 224 Å². The van der Waals surface area contributed by atoms with Crippen LogP contribution in [0.4, 0.5) is 5.69 Å². The molecule has 0 radical (unpaired) electrons. The molecule has 28 heteroatoms.